The quantitative estimate of drug-likeness (QED) is 0.905. The van der Waals surface area contributed by atoms with Crippen LogP contribution in [0.25, 0.3) is 0 Å². The van der Waals surface area contributed by atoms with E-state index in [4.69, 9.17) is 5.73 Å². The minimum Gasteiger partial charge on any atom is -0.326 e. The maximum Gasteiger partial charge on any atom is 0.128 e. The third-order valence-corrected chi connectivity index (χ3v) is 3.57. The van der Waals surface area contributed by atoms with Crippen molar-refractivity contribution in [2.24, 2.45) is 5.73 Å². The van der Waals surface area contributed by atoms with E-state index in [0.29, 0.717) is 12.1 Å². The first kappa shape index (κ1) is 14.2. The highest BCUT2D eigenvalue weighted by atomic mass is 79.9. The molecular formula is C15H16BrFN2. The molecule has 4 heteroatoms. The summed E-state index contributed by atoms with van der Waals surface area (Å²) in [7, 11) is 1.82. The van der Waals surface area contributed by atoms with Gasteiger partial charge in [-0.15, -0.1) is 0 Å². The fourth-order valence-corrected chi connectivity index (χ4v) is 2.52. The summed E-state index contributed by atoms with van der Waals surface area (Å²) in [5.74, 6) is -0.222. The van der Waals surface area contributed by atoms with E-state index < -0.39 is 0 Å². The van der Waals surface area contributed by atoms with Gasteiger partial charge in [0.1, 0.15) is 5.82 Å². The summed E-state index contributed by atoms with van der Waals surface area (Å²) in [5.41, 5.74) is 8.31. The standard InChI is InChI=1S/C15H16BrFN2/c1-19-15(11-4-2-3-10(7-11)9-18)13-8-12(16)5-6-14(13)17/h2-8,15,19H,9,18H2,1H3. The molecule has 100 valence electrons. The van der Waals surface area contributed by atoms with Gasteiger partial charge in [-0.3, -0.25) is 0 Å². The number of halogens is 2. The van der Waals surface area contributed by atoms with Gasteiger partial charge in [-0.25, -0.2) is 4.39 Å². The third-order valence-electron chi connectivity index (χ3n) is 3.08. The van der Waals surface area contributed by atoms with Crippen LogP contribution in [-0.2, 0) is 6.54 Å². The molecule has 0 saturated carbocycles. The zero-order chi connectivity index (χ0) is 13.8. The number of hydrogen-bond acceptors (Lipinski definition) is 2. The number of nitrogens with one attached hydrogen (secondary N) is 1. The van der Waals surface area contributed by atoms with Crippen molar-refractivity contribution in [3.05, 3.63) is 69.4 Å². The van der Waals surface area contributed by atoms with E-state index >= 15 is 0 Å². The average Bonchev–Trinajstić information content (AvgIpc) is 2.44. The van der Waals surface area contributed by atoms with E-state index in [1.54, 1.807) is 12.1 Å². The molecule has 1 unspecified atom stereocenters. The second-order valence-electron chi connectivity index (χ2n) is 4.34. The molecule has 0 aliphatic carbocycles. The predicted octanol–water partition coefficient (Wildman–Crippen LogP) is 3.36. The summed E-state index contributed by atoms with van der Waals surface area (Å²) < 4.78 is 14.8. The highest BCUT2D eigenvalue weighted by Gasteiger charge is 2.16. The van der Waals surface area contributed by atoms with Crippen LogP contribution in [0.1, 0.15) is 22.7 Å². The van der Waals surface area contributed by atoms with Crippen molar-refractivity contribution in [1.82, 2.24) is 5.32 Å². The van der Waals surface area contributed by atoms with Crippen molar-refractivity contribution < 1.29 is 4.39 Å². The molecule has 0 aliphatic rings. The van der Waals surface area contributed by atoms with Crippen LogP contribution in [0, 0.1) is 5.82 Å². The highest BCUT2D eigenvalue weighted by molar-refractivity contribution is 9.10. The third kappa shape index (κ3) is 3.21. The van der Waals surface area contributed by atoms with Crippen LogP contribution in [0.5, 0.6) is 0 Å². The zero-order valence-corrected chi connectivity index (χ0v) is 12.2. The van der Waals surface area contributed by atoms with Crippen LogP contribution in [0.2, 0.25) is 0 Å². The first-order chi connectivity index (χ1) is 9.15. The minimum absolute atomic E-state index is 0.191. The van der Waals surface area contributed by atoms with Gasteiger partial charge in [0, 0.05) is 16.6 Å². The Morgan fingerprint density at radius 2 is 2.05 bits per heavy atom. The molecule has 0 aromatic heterocycles. The van der Waals surface area contributed by atoms with Gasteiger partial charge in [0.05, 0.1) is 6.04 Å². The second kappa shape index (κ2) is 6.28. The largest absolute Gasteiger partial charge is 0.326 e. The molecule has 0 fully saturated rings. The Morgan fingerprint density at radius 1 is 1.26 bits per heavy atom. The summed E-state index contributed by atoms with van der Waals surface area (Å²) in [4.78, 5) is 0. The first-order valence-corrected chi connectivity index (χ1v) is 6.86. The summed E-state index contributed by atoms with van der Waals surface area (Å²) in [6, 6.07) is 12.7. The fraction of sp³-hybridized carbons (Fsp3) is 0.200. The molecule has 2 aromatic carbocycles. The predicted molar refractivity (Wildman–Crippen MR) is 79.3 cm³/mol. The molecule has 0 heterocycles. The van der Waals surface area contributed by atoms with Crippen LogP contribution in [0.3, 0.4) is 0 Å². The lowest BCUT2D eigenvalue weighted by Gasteiger charge is -2.19. The van der Waals surface area contributed by atoms with Gasteiger partial charge in [-0.1, -0.05) is 40.2 Å². The molecular weight excluding hydrogens is 307 g/mol. The summed E-state index contributed by atoms with van der Waals surface area (Å²) in [6.45, 7) is 0.477. The van der Waals surface area contributed by atoms with Gasteiger partial charge in [0.15, 0.2) is 0 Å². The topological polar surface area (TPSA) is 38.0 Å². The van der Waals surface area contributed by atoms with Crippen molar-refractivity contribution in [2.45, 2.75) is 12.6 Å². The van der Waals surface area contributed by atoms with Gasteiger partial charge in [-0.2, -0.15) is 0 Å². The van der Waals surface area contributed by atoms with Crippen LogP contribution < -0.4 is 11.1 Å². The molecule has 3 N–H and O–H groups in total. The molecule has 0 amide bonds. The van der Waals surface area contributed by atoms with Crippen molar-refractivity contribution in [3.63, 3.8) is 0 Å². The Hall–Kier alpha value is -1.23. The molecule has 0 aliphatic heterocycles. The lowest BCUT2D eigenvalue weighted by molar-refractivity contribution is 0.575. The number of hydrogen-bond donors (Lipinski definition) is 2. The Labute approximate surface area is 121 Å². The van der Waals surface area contributed by atoms with E-state index in [0.717, 1.165) is 15.6 Å². The van der Waals surface area contributed by atoms with Crippen molar-refractivity contribution in [3.8, 4) is 0 Å². The molecule has 2 nitrogen and oxygen atoms in total. The van der Waals surface area contributed by atoms with E-state index in [2.05, 4.69) is 21.2 Å². The normalized spacial score (nSPS) is 12.4. The monoisotopic (exact) mass is 322 g/mol. The van der Waals surface area contributed by atoms with Crippen molar-refractivity contribution >= 4 is 15.9 Å². The van der Waals surface area contributed by atoms with Crippen LogP contribution in [-0.4, -0.2) is 7.05 Å². The van der Waals surface area contributed by atoms with Crippen molar-refractivity contribution in [2.75, 3.05) is 7.05 Å². The summed E-state index contributed by atoms with van der Waals surface area (Å²) >= 11 is 3.38. The number of benzene rings is 2. The molecule has 2 rings (SSSR count). The lowest BCUT2D eigenvalue weighted by atomic mass is 9.97. The fourth-order valence-electron chi connectivity index (χ4n) is 2.14. The lowest BCUT2D eigenvalue weighted by Crippen LogP contribution is -2.19. The molecule has 1 atom stereocenters. The van der Waals surface area contributed by atoms with Gasteiger partial charge >= 0.3 is 0 Å². The van der Waals surface area contributed by atoms with Gasteiger partial charge in [0.25, 0.3) is 0 Å². The molecule has 19 heavy (non-hydrogen) atoms. The first-order valence-electron chi connectivity index (χ1n) is 6.07. The Morgan fingerprint density at radius 3 is 2.74 bits per heavy atom. The minimum atomic E-state index is -0.222. The van der Waals surface area contributed by atoms with Gasteiger partial charge < -0.3 is 11.1 Å². The zero-order valence-electron chi connectivity index (χ0n) is 10.7. The summed E-state index contributed by atoms with van der Waals surface area (Å²) in [6.07, 6.45) is 0. The highest BCUT2D eigenvalue weighted by Crippen LogP contribution is 2.27. The summed E-state index contributed by atoms with van der Waals surface area (Å²) in [5, 5.41) is 3.15. The SMILES string of the molecule is CNC(c1cccc(CN)c1)c1cc(Br)ccc1F. The van der Waals surface area contributed by atoms with Gasteiger partial charge in [0.2, 0.25) is 0 Å². The van der Waals surface area contributed by atoms with E-state index in [1.165, 1.54) is 6.07 Å². The Bertz CT molecular complexity index is 572. The van der Waals surface area contributed by atoms with E-state index in [1.807, 2.05) is 31.3 Å². The molecule has 0 radical (unpaired) electrons. The van der Waals surface area contributed by atoms with Gasteiger partial charge in [-0.05, 0) is 36.4 Å². The Balaban J connectivity index is 2.46. The van der Waals surface area contributed by atoms with Crippen LogP contribution in [0.15, 0.2) is 46.9 Å². The maximum absolute atomic E-state index is 14.0. The maximum atomic E-state index is 14.0. The number of nitrogens with two attached hydrogens (primary N) is 1. The molecule has 0 bridgehead atoms. The second-order valence-corrected chi connectivity index (χ2v) is 5.25. The molecule has 0 spiro atoms. The van der Waals surface area contributed by atoms with E-state index in [9.17, 15) is 4.39 Å². The van der Waals surface area contributed by atoms with Crippen LogP contribution >= 0.6 is 15.9 Å². The van der Waals surface area contributed by atoms with E-state index in [-0.39, 0.29) is 11.9 Å². The molecule has 0 saturated heterocycles. The average molecular weight is 323 g/mol. The molecule has 2 aromatic rings. The van der Waals surface area contributed by atoms with Crippen molar-refractivity contribution in [1.29, 1.82) is 0 Å². The van der Waals surface area contributed by atoms with Crippen LogP contribution in [0.4, 0.5) is 4.39 Å². The Kier molecular flexibility index (Phi) is 4.69. The number of rotatable bonds is 4. The smallest absolute Gasteiger partial charge is 0.128 e.